The number of hydrogen-bond donors (Lipinski definition) is 1. The highest BCUT2D eigenvalue weighted by Gasteiger charge is 2.50. The van der Waals surface area contributed by atoms with Crippen LogP contribution < -0.4 is 5.32 Å². The van der Waals surface area contributed by atoms with Gasteiger partial charge in [-0.25, -0.2) is 9.59 Å². The van der Waals surface area contributed by atoms with Crippen molar-refractivity contribution in [3.05, 3.63) is 35.9 Å². The molecule has 0 bridgehead atoms. The van der Waals surface area contributed by atoms with Gasteiger partial charge in [-0.1, -0.05) is 44.2 Å². The first-order valence-electron chi connectivity index (χ1n) is 10.7. The summed E-state index contributed by atoms with van der Waals surface area (Å²) < 4.78 is 28.6. The van der Waals surface area contributed by atoms with Gasteiger partial charge in [-0.2, -0.15) is 0 Å². The fourth-order valence-corrected chi connectivity index (χ4v) is 3.61. The molecule has 1 aromatic rings. The van der Waals surface area contributed by atoms with E-state index in [4.69, 9.17) is 23.7 Å². The Balaban J connectivity index is 1.52. The van der Waals surface area contributed by atoms with Crippen molar-refractivity contribution in [1.29, 1.82) is 0 Å². The number of ether oxygens (including phenoxy) is 5. The number of benzene rings is 1. The molecule has 2 fully saturated rings. The first-order valence-corrected chi connectivity index (χ1v) is 10.7. The third-order valence-corrected chi connectivity index (χ3v) is 5.13. The molecule has 8 heteroatoms. The highest BCUT2D eigenvalue weighted by atomic mass is 16.7. The van der Waals surface area contributed by atoms with Crippen LogP contribution in [-0.2, 0) is 35.1 Å². The van der Waals surface area contributed by atoms with Gasteiger partial charge in [0.05, 0.1) is 19.8 Å². The summed E-state index contributed by atoms with van der Waals surface area (Å²) in [5, 5.41) is 2.61. The lowest BCUT2D eigenvalue weighted by Crippen LogP contribution is -2.49. The predicted octanol–water partition coefficient (Wildman–Crippen LogP) is 2.83. The lowest BCUT2D eigenvalue weighted by atomic mass is 10.0. The van der Waals surface area contributed by atoms with Crippen molar-refractivity contribution >= 4 is 12.1 Å². The summed E-state index contributed by atoms with van der Waals surface area (Å²) in [7, 11) is 0. The molecule has 8 nitrogen and oxygen atoms in total. The van der Waals surface area contributed by atoms with Crippen molar-refractivity contribution in [3.63, 3.8) is 0 Å². The zero-order valence-corrected chi connectivity index (χ0v) is 18.8. The molecule has 5 atom stereocenters. The Hall–Kier alpha value is -2.16. The maximum absolute atomic E-state index is 12.8. The van der Waals surface area contributed by atoms with E-state index in [9.17, 15) is 9.59 Å². The second-order valence-corrected chi connectivity index (χ2v) is 9.27. The first kappa shape index (κ1) is 23.5. The lowest BCUT2D eigenvalue weighted by molar-refractivity contribution is -0.157. The van der Waals surface area contributed by atoms with Crippen molar-refractivity contribution in [3.8, 4) is 0 Å². The van der Waals surface area contributed by atoms with Crippen LogP contribution in [0.5, 0.6) is 0 Å². The van der Waals surface area contributed by atoms with Gasteiger partial charge in [0.1, 0.15) is 30.0 Å². The third kappa shape index (κ3) is 6.41. The molecule has 1 aromatic carbocycles. The highest BCUT2D eigenvalue weighted by molar-refractivity contribution is 5.81. The number of carbonyl (C=O) groups is 2. The number of rotatable bonds is 7. The van der Waals surface area contributed by atoms with E-state index in [1.165, 1.54) is 0 Å². The van der Waals surface area contributed by atoms with Gasteiger partial charge >= 0.3 is 12.1 Å². The molecule has 0 aliphatic carbocycles. The molecule has 0 radical (unpaired) electrons. The van der Waals surface area contributed by atoms with E-state index >= 15 is 0 Å². The van der Waals surface area contributed by atoms with Crippen LogP contribution in [0.3, 0.4) is 0 Å². The summed E-state index contributed by atoms with van der Waals surface area (Å²) in [6.07, 6.45) is -2.12. The Morgan fingerprint density at radius 2 is 1.68 bits per heavy atom. The second-order valence-electron chi connectivity index (χ2n) is 9.27. The zero-order valence-electron chi connectivity index (χ0n) is 18.8. The molecular weight excluding hydrogens is 402 g/mol. The van der Waals surface area contributed by atoms with Crippen LogP contribution >= 0.6 is 0 Å². The minimum Gasteiger partial charge on any atom is -0.455 e. The van der Waals surface area contributed by atoms with Crippen LogP contribution in [0.1, 0.15) is 40.2 Å². The van der Waals surface area contributed by atoms with E-state index in [-0.39, 0.29) is 30.8 Å². The van der Waals surface area contributed by atoms with Gasteiger partial charge < -0.3 is 29.0 Å². The predicted molar refractivity (Wildman–Crippen MR) is 112 cm³/mol. The van der Waals surface area contributed by atoms with E-state index in [0.717, 1.165) is 5.56 Å². The zero-order chi connectivity index (χ0) is 22.6. The Morgan fingerprint density at radius 1 is 1.06 bits per heavy atom. The summed E-state index contributed by atoms with van der Waals surface area (Å²) in [4.78, 5) is 24.9. The molecular formula is C23H33NO7. The average molecular weight is 436 g/mol. The maximum atomic E-state index is 12.8. The van der Waals surface area contributed by atoms with E-state index in [0.29, 0.717) is 13.2 Å². The SMILES string of the molecule is CC(C)[C@@H](NC(=O)OC(C)(C)C)C(=O)O[C@@H]1CO[C@H]2[C@@H]1OC[C@H]2OCc1ccccc1. The molecule has 0 unspecified atom stereocenters. The van der Waals surface area contributed by atoms with E-state index in [2.05, 4.69) is 5.32 Å². The van der Waals surface area contributed by atoms with Crippen LogP contribution in [-0.4, -0.2) is 61.3 Å². The Morgan fingerprint density at radius 3 is 2.29 bits per heavy atom. The standard InChI is InChI=1S/C23H33NO7/c1-14(2)18(24-22(26)31-23(3,4)5)21(25)30-17-13-29-19-16(12-28-20(17)19)27-11-15-9-7-6-8-10-15/h6-10,14,16-20H,11-13H2,1-5H3,(H,24,26)/t16-,17-,18-,19-,20-/m1/s1. The molecule has 2 saturated heterocycles. The average Bonchev–Trinajstić information content (AvgIpc) is 3.26. The lowest BCUT2D eigenvalue weighted by Gasteiger charge is -2.26. The molecule has 2 heterocycles. The van der Waals surface area contributed by atoms with Gasteiger partial charge in [-0.15, -0.1) is 0 Å². The van der Waals surface area contributed by atoms with Gasteiger partial charge in [-0.05, 0) is 32.3 Å². The molecule has 31 heavy (non-hydrogen) atoms. The van der Waals surface area contributed by atoms with Gasteiger partial charge in [0.2, 0.25) is 0 Å². The Bertz CT molecular complexity index is 746. The molecule has 1 amide bonds. The van der Waals surface area contributed by atoms with E-state index in [1.807, 2.05) is 44.2 Å². The first-order chi connectivity index (χ1) is 14.6. The third-order valence-electron chi connectivity index (χ3n) is 5.13. The maximum Gasteiger partial charge on any atom is 0.408 e. The Kier molecular flexibility index (Phi) is 7.56. The summed E-state index contributed by atoms with van der Waals surface area (Å²) in [6.45, 7) is 10.0. The van der Waals surface area contributed by atoms with Crippen molar-refractivity contribution in [2.75, 3.05) is 13.2 Å². The number of carbonyl (C=O) groups excluding carboxylic acids is 2. The van der Waals surface area contributed by atoms with Crippen molar-refractivity contribution in [1.82, 2.24) is 5.32 Å². The van der Waals surface area contributed by atoms with Crippen LogP contribution in [0.25, 0.3) is 0 Å². The van der Waals surface area contributed by atoms with Gasteiger partial charge in [0.15, 0.2) is 6.10 Å². The van der Waals surface area contributed by atoms with Crippen LogP contribution in [0.2, 0.25) is 0 Å². The summed E-state index contributed by atoms with van der Waals surface area (Å²) >= 11 is 0. The quantitative estimate of drug-likeness (QED) is 0.659. The van der Waals surface area contributed by atoms with Gasteiger partial charge in [-0.3, -0.25) is 0 Å². The second kappa shape index (κ2) is 9.97. The van der Waals surface area contributed by atoms with Crippen LogP contribution in [0.4, 0.5) is 4.79 Å². The largest absolute Gasteiger partial charge is 0.455 e. The van der Waals surface area contributed by atoms with Gasteiger partial charge in [0, 0.05) is 0 Å². The summed E-state index contributed by atoms with van der Waals surface area (Å²) in [5.41, 5.74) is 0.411. The Labute approximate surface area is 183 Å². The highest BCUT2D eigenvalue weighted by Crippen LogP contribution is 2.31. The van der Waals surface area contributed by atoms with Crippen molar-refractivity contribution in [2.45, 2.75) is 77.3 Å². The molecule has 172 valence electrons. The normalized spacial score (nSPS) is 26.4. The number of alkyl carbamates (subject to hydrolysis) is 1. The monoisotopic (exact) mass is 435 g/mol. The van der Waals surface area contributed by atoms with Crippen LogP contribution in [0.15, 0.2) is 30.3 Å². The number of esters is 1. The van der Waals surface area contributed by atoms with Crippen LogP contribution in [0, 0.1) is 5.92 Å². The van der Waals surface area contributed by atoms with Crippen molar-refractivity contribution in [2.24, 2.45) is 5.92 Å². The smallest absolute Gasteiger partial charge is 0.408 e. The van der Waals surface area contributed by atoms with E-state index < -0.39 is 29.8 Å². The molecule has 0 aromatic heterocycles. The summed E-state index contributed by atoms with van der Waals surface area (Å²) in [5.74, 6) is -0.711. The van der Waals surface area contributed by atoms with Gasteiger partial charge in [0.25, 0.3) is 0 Å². The molecule has 1 N–H and O–H groups in total. The number of fused-ring (bicyclic) bond motifs is 1. The molecule has 2 aliphatic heterocycles. The fraction of sp³-hybridized carbons (Fsp3) is 0.652. The molecule has 3 rings (SSSR count). The van der Waals surface area contributed by atoms with Crippen molar-refractivity contribution < 1.29 is 33.3 Å². The molecule has 0 saturated carbocycles. The van der Waals surface area contributed by atoms with E-state index in [1.54, 1.807) is 20.8 Å². The number of hydrogen-bond acceptors (Lipinski definition) is 7. The molecule has 0 spiro atoms. The summed E-state index contributed by atoms with van der Waals surface area (Å²) in [6, 6.07) is 9.04. The minimum absolute atomic E-state index is 0.176. The fourth-order valence-electron chi connectivity index (χ4n) is 3.61. The number of nitrogens with one attached hydrogen (secondary N) is 1. The topological polar surface area (TPSA) is 92.3 Å². The minimum atomic E-state index is -0.833. The molecule has 2 aliphatic rings. The number of amides is 1.